The highest BCUT2D eigenvalue weighted by molar-refractivity contribution is 6.09. The zero-order chi connectivity index (χ0) is 20.1. The predicted octanol–water partition coefficient (Wildman–Crippen LogP) is 1.18. The number of nitrogens with zero attached hydrogens (tertiary/aromatic N) is 4. The molecular formula is C15H21N7O5. The molecule has 2 heterocycles. The summed E-state index contributed by atoms with van der Waals surface area (Å²) in [7, 11) is 1.20. The average Bonchev–Trinajstić information content (AvgIpc) is 3.23. The Hall–Kier alpha value is -3.44. The number of amides is 2. The summed E-state index contributed by atoms with van der Waals surface area (Å²) in [5.74, 6) is -1.38. The Morgan fingerprint density at radius 1 is 1.41 bits per heavy atom. The van der Waals surface area contributed by atoms with Crippen LogP contribution in [0.5, 0.6) is 5.88 Å². The molecule has 0 aliphatic carbocycles. The van der Waals surface area contributed by atoms with Crippen molar-refractivity contribution in [3.8, 4) is 5.88 Å². The molecule has 0 saturated heterocycles. The molecule has 0 aromatic carbocycles. The zero-order valence-corrected chi connectivity index (χ0v) is 15.4. The largest absolute Gasteiger partial charge is 0.475 e. The van der Waals surface area contributed by atoms with E-state index in [1.807, 2.05) is 20.8 Å². The lowest BCUT2D eigenvalue weighted by atomic mass is 10.2. The van der Waals surface area contributed by atoms with Gasteiger partial charge in [-0.3, -0.25) is 29.5 Å². The van der Waals surface area contributed by atoms with Gasteiger partial charge in [0.2, 0.25) is 5.69 Å². The fourth-order valence-corrected chi connectivity index (χ4v) is 2.20. The topological polar surface area (TPSA) is 157 Å². The van der Waals surface area contributed by atoms with Gasteiger partial charge in [0.25, 0.3) is 11.8 Å². The van der Waals surface area contributed by atoms with Crippen molar-refractivity contribution < 1.29 is 19.2 Å². The summed E-state index contributed by atoms with van der Waals surface area (Å²) >= 11 is 0. The van der Waals surface area contributed by atoms with Gasteiger partial charge in [-0.2, -0.15) is 5.10 Å². The van der Waals surface area contributed by atoms with Gasteiger partial charge in [-0.1, -0.05) is 13.8 Å². The van der Waals surface area contributed by atoms with Gasteiger partial charge in [0.1, 0.15) is 0 Å². The second kappa shape index (κ2) is 8.29. The van der Waals surface area contributed by atoms with Gasteiger partial charge in [-0.25, -0.2) is 0 Å². The number of H-pyrrole nitrogens is 1. The molecule has 2 aromatic heterocycles. The third kappa shape index (κ3) is 4.40. The second-order valence-electron chi connectivity index (χ2n) is 6.02. The number of aromatic amines is 1. The minimum atomic E-state index is -0.842. The van der Waals surface area contributed by atoms with Crippen molar-refractivity contribution in [2.45, 2.75) is 27.3 Å². The molecule has 0 aliphatic rings. The van der Waals surface area contributed by atoms with Crippen molar-refractivity contribution in [3.05, 3.63) is 27.7 Å². The maximum Gasteiger partial charge on any atom is 0.362 e. The average molecular weight is 379 g/mol. The molecule has 0 atom stereocenters. The molecule has 12 heteroatoms. The van der Waals surface area contributed by atoms with E-state index in [1.165, 1.54) is 18.0 Å². The van der Waals surface area contributed by atoms with Crippen molar-refractivity contribution in [3.63, 3.8) is 0 Å². The number of nitrogens with one attached hydrogen (secondary N) is 3. The molecule has 2 amide bonds. The molecule has 3 N–H and O–H groups in total. The minimum absolute atomic E-state index is 0.0139. The molecule has 27 heavy (non-hydrogen) atoms. The summed E-state index contributed by atoms with van der Waals surface area (Å²) in [6.45, 7) is 6.61. The number of nitro groups is 1. The highest BCUT2D eigenvalue weighted by Gasteiger charge is 2.31. The monoisotopic (exact) mass is 379 g/mol. The number of rotatable bonds is 8. The number of hydrogen-bond acceptors (Lipinski definition) is 7. The Morgan fingerprint density at radius 2 is 2.11 bits per heavy atom. The molecule has 2 aromatic rings. The second-order valence-corrected chi connectivity index (χ2v) is 6.02. The molecule has 0 spiro atoms. The Labute approximate surface area is 154 Å². The maximum atomic E-state index is 12.5. The van der Waals surface area contributed by atoms with Crippen LogP contribution in [0.2, 0.25) is 0 Å². The lowest BCUT2D eigenvalue weighted by Gasteiger charge is -2.07. The van der Waals surface area contributed by atoms with Crippen LogP contribution >= 0.6 is 0 Å². The van der Waals surface area contributed by atoms with Gasteiger partial charge < -0.3 is 15.4 Å². The van der Waals surface area contributed by atoms with Crippen LogP contribution in [-0.4, -0.2) is 50.4 Å². The molecule has 0 unspecified atom stereocenters. The first kappa shape index (κ1) is 19.9. The van der Waals surface area contributed by atoms with E-state index in [-0.39, 0.29) is 23.2 Å². The first-order valence-electron chi connectivity index (χ1n) is 8.22. The lowest BCUT2D eigenvalue weighted by molar-refractivity contribution is -0.386. The zero-order valence-electron chi connectivity index (χ0n) is 15.4. The fourth-order valence-electron chi connectivity index (χ4n) is 2.20. The van der Waals surface area contributed by atoms with E-state index >= 15 is 0 Å². The van der Waals surface area contributed by atoms with Gasteiger partial charge >= 0.3 is 11.6 Å². The molecule has 0 aliphatic heterocycles. The third-order valence-electron chi connectivity index (χ3n) is 3.53. The highest BCUT2D eigenvalue weighted by Crippen LogP contribution is 2.28. The minimum Gasteiger partial charge on any atom is -0.475 e. The predicted molar refractivity (Wildman–Crippen MR) is 94.8 cm³/mol. The van der Waals surface area contributed by atoms with Crippen molar-refractivity contribution >= 4 is 23.2 Å². The van der Waals surface area contributed by atoms with Gasteiger partial charge in [0.05, 0.1) is 17.7 Å². The molecule has 0 bridgehead atoms. The van der Waals surface area contributed by atoms with Crippen molar-refractivity contribution in [2.75, 3.05) is 19.0 Å². The molecule has 0 fully saturated rings. The standard InChI is InChI=1S/C15H21N7O5/c1-5-21-7-9(10(20-21)13(23)16-6-8(2)3)17-14(24)11-12(22(25)26)15(27-4)19-18-11/h7-8H,5-6H2,1-4H3,(H,16,23)(H,17,24)(H,18,19). The van der Waals surface area contributed by atoms with E-state index in [4.69, 9.17) is 4.74 Å². The van der Waals surface area contributed by atoms with Crippen LogP contribution in [0.3, 0.4) is 0 Å². The number of aromatic nitrogens is 4. The van der Waals surface area contributed by atoms with E-state index in [2.05, 4.69) is 25.9 Å². The Kier molecular flexibility index (Phi) is 6.11. The molecular weight excluding hydrogens is 358 g/mol. The SMILES string of the molecule is CCn1cc(NC(=O)c2[nH]nc(OC)c2[N+](=O)[O-])c(C(=O)NCC(C)C)n1. The van der Waals surface area contributed by atoms with Crippen LogP contribution in [0.4, 0.5) is 11.4 Å². The summed E-state index contributed by atoms with van der Waals surface area (Å²) in [5, 5.41) is 26.4. The quantitative estimate of drug-likeness (QED) is 0.459. The normalized spacial score (nSPS) is 10.7. The number of anilines is 1. The van der Waals surface area contributed by atoms with Crippen LogP contribution in [0.1, 0.15) is 41.7 Å². The Bertz CT molecular complexity index is 855. The summed E-state index contributed by atoms with van der Waals surface area (Å²) in [5.41, 5.74) is -0.843. The third-order valence-corrected chi connectivity index (χ3v) is 3.53. The summed E-state index contributed by atoms with van der Waals surface area (Å²) in [4.78, 5) is 35.3. The first-order valence-corrected chi connectivity index (χ1v) is 8.22. The van der Waals surface area contributed by atoms with Crippen LogP contribution < -0.4 is 15.4 Å². The van der Waals surface area contributed by atoms with Crippen LogP contribution in [0.25, 0.3) is 0 Å². The van der Waals surface area contributed by atoms with E-state index in [0.29, 0.717) is 13.1 Å². The number of hydrogen-bond donors (Lipinski definition) is 3. The van der Waals surface area contributed by atoms with E-state index < -0.39 is 28.1 Å². The highest BCUT2D eigenvalue weighted by atomic mass is 16.6. The van der Waals surface area contributed by atoms with Gasteiger partial charge in [0.15, 0.2) is 5.69 Å². The van der Waals surface area contributed by atoms with E-state index in [1.54, 1.807) is 0 Å². The van der Waals surface area contributed by atoms with Crippen molar-refractivity contribution in [1.82, 2.24) is 25.3 Å². The van der Waals surface area contributed by atoms with Gasteiger partial charge in [-0.15, -0.1) is 5.10 Å². The Balaban J connectivity index is 2.30. The van der Waals surface area contributed by atoms with Crippen LogP contribution in [0, 0.1) is 16.0 Å². The molecule has 0 saturated carbocycles. The number of carbonyl (C=O) groups excluding carboxylic acids is 2. The lowest BCUT2D eigenvalue weighted by Crippen LogP contribution is -2.29. The number of ether oxygens (including phenoxy) is 1. The molecule has 0 radical (unpaired) electrons. The molecule has 146 valence electrons. The van der Waals surface area contributed by atoms with Crippen molar-refractivity contribution in [1.29, 1.82) is 0 Å². The first-order chi connectivity index (χ1) is 12.8. The summed E-state index contributed by atoms with van der Waals surface area (Å²) in [6.07, 6.45) is 1.47. The maximum absolute atomic E-state index is 12.5. The molecule has 12 nitrogen and oxygen atoms in total. The fraction of sp³-hybridized carbons (Fsp3) is 0.467. The smallest absolute Gasteiger partial charge is 0.362 e. The van der Waals surface area contributed by atoms with Gasteiger partial charge in [-0.05, 0) is 12.8 Å². The van der Waals surface area contributed by atoms with E-state index in [0.717, 1.165) is 0 Å². The number of aryl methyl sites for hydroxylation is 1. The van der Waals surface area contributed by atoms with E-state index in [9.17, 15) is 19.7 Å². The Morgan fingerprint density at radius 3 is 2.67 bits per heavy atom. The number of carbonyl (C=O) groups is 2. The number of methoxy groups -OCH3 is 1. The van der Waals surface area contributed by atoms with Crippen molar-refractivity contribution in [2.24, 2.45) is 5.92 Å². The van der Waals surface area contributed by atoms with Crippen LogP contribution in [-0.2, 0) is 6.54 Å². The van der Waals surface area contributed by atoms with Crippen LogP contribution in [0.15, 0.2) is 6.20 Å². The summed E-state index contributed by atoms with van der Waals surface area (Å²) < 4.78 is 6.25. The molecule has 2 rings (SSSR count). The summed E-state index contributed by atoms with van der Waals surface area (Å²) in [6, 6.07) is 0. The van der Waals surface area contributed by atoms with Gasteiger partial charge in [0, 0.05) is 19.3 Å².